The Morgan fingerprint density at radius 3 is 2.69 bits per heavy atom. The molecule has 10 heteroatoms. The number of thiazole rings is 1. The van der Waals surface area contributed by atoms with Crippen molar-refractivity contribution >= 4 is 34.4 Å². The van der Waals surface area contributed by atoms with E-state index in [2.05, 4.69) is 20.6 Å². The maximum absolute atomic E-state index is 12.9. The van der Waals surface area contributed by atoms with Gasteiger partial charge in [0.1, 0.15) is 12.6 Å². The van der Waals surface area contributed by atoms with Gasteiger partial charge in [0, 0.05) is 47.1 Å². The normalized spacial score (nSPS) is 17.1. The Morgan fingerprint density at radius 2 is 1.94 bits per heavy atom. The van der Waals surface area contributed by atoms with E-state index in [4.69, 9.17) is 4.74 Å². The molecular formula is C25H25N5O4S. The third-order valence-electron chi connectivity index (χ3n) is 5.96. The second-order valence-electron chi connectivity index (χ2n) is 8.62. The molecule has 0 radical (unpaired) electrons. The van der Waals surface area contributed by atoms with E-state index in [-0.39, 0.29) is 18.4 Å². The van der Waals surface area contributed by atoms with Crippen LogP contribution in [0, 0.1) is 0 Å². The second kappa shape index (κ2) is 10.2. The third kappa shape index (κ3) is 5.65. The first-order valence-corrected chi connectivity index (χ1v) is 12.4. The van der Waals surface area contributed by atoms with Crippen molar-refractivity contribution in [1.29, 1.82) is 0 Å². The molecule has 35 heavy (non-hydrogen) atoms. The lowest BCUT2D eigenvalue weighted by molar-refractivity contribution is -0.120. The minimum absolute atomic E-state index is 0.0645. The zero-order valence-electron chi connectivity index (χ0n) is 19.0. The predicted molar refractivity (Wildman–Crippen MR) is 131 cm³/mol. The number of benzene rings is 1. The first kappa shape index (κ1) is 23.0. The zero-order valence-corrected chi connectivity index (χ0v) is 19.8. The zero-order chi connectivity index (χ0) is 24.2. The highest BCUT2D eigenvalue weighted by atomic mass is 32.1. The highest BCUT2D eigenvalue weighted by Gasteiger charge is 2.35. The molecule has 1 aliphatic heterocycles. The van der Waals surface area contributed by atoms with E-state index in [1.807, 2.05) is 23.6 Å². The van der Waals surface area contributed by atoms with Gasteiger partial charge in [-0.05, 0) is 43.9 Å². The number of pyridine rings is 1. The maximum Gasteiger partial charge on any atom is 0.410 e. The van der Waals surface area contributed by atoms with Crippen molar-refractivity contribution in [1.82, 2.24) is 20.2 Å². The number of hydrogen-bond acceptors (Lipinski definition) is 7. The van der Waals surface area contributed by atoms with E-state index in [0.29, 0.717) is 35.4 Å². The largest absolute Gasteiger partial charge is 0.444 e. The van der Waals surface area contributed by atoms with Crippen LogP contribution in [0.3, 0.4) is 0 Å². The van der Waals surface area contributed by atoms with Crippen molar-refractivity contribution in [3.8, 4) is 11.3 Å². The smallest absolute Gasteiger partial charge is 0.410 e. The molecule has 3 amide bonds. The number of nitrogens with zero attached hydrogens (tertiary/aromatic N) is 3. The van der Waals surface area contributed by atoms with Gasteiger partial charge in [0.05, 0.1) is 5.69 Å². The van der Waals surface area contributed by atoms with Gasteiger partial charge < -0.3 is 15.4 Å². The quantitative estimate of drug-likeness (QED) is 0.519. The number of nitrogens with one attached hydrogen (secondary N) is 2. The number of ether oxygens (including phenoxy) is 1. The number of likely N-dealkylation sites (tertiary alicyclic amines) is 1. The fraction of sp³-hybridized carbons (Fsp3) is 0.320. The summed E-state index contributed by atoms with van der Waals surface area (Å²) in [6.07, 6.45) is 6.15. The Morgan fingerprint density at radius 1 is 1.11 bits per heavy atom. The summed E-state index contributed by atoms with van der Waals surface area (Å²) in [7, 11) is 0. The molecule has 1 atom stereocenters. The molecule has 0 spiro atoms. The maximum atomic E-state index is 12.9. The Hall–Kier alpha value is -3.79. The molecule has 0 unspecified atom stereocenters. The molecule has 2 fully saturated rings. The SMILES string of the molecule is O=C(NC1CC1)c1ccc(-c2csc(NC(=O)[C@H]3CCCN3C(=O)OCc3cccnc3)n2)cc1. The number of carbonyl (C=O) groups excluding carboxylic acids is 3. The summed E-state index contributed by atoms with van der Waals surface area (Å²) in [5, 5.41) is 8.11. The summed E-state index contributed by atoms with van der Waals surface area (Å²) in [6, 6.07) is 10.6. The lowest BCUT2D eigenvalue weighted by Gasteiger charge is -2.22. The van der Waals surface area contributed by atoms with Crippen molar-refractivity contribution in [3.63, 3.8) is 0 Å². The van der Waals surface area contributed by atoms with E-state index < -0.39 is 12.1 Å². The molecule has 9 nitrogen and oxygen atoms in total. The average molecular weight is 492 g/mol. The highest BCUT2D eigenvalue weighted by Crippen LogP contribution is 2.27. The van der Waals surface area contributed by atoms with Gasteiger partial charge in [0.15, 0.2) is 5.13 Å². The van der Waals surface area contributed by atoms with Gasteiger partial charge in [0.2, 0.25) is 5.91 Å². The lowest BCUT2D eigenvalue weighted by Crippen LogP contribution is -2.43. The number of aromatic nitrogens is 2. The molecular weight excluding hydrogens is 466 g/mol. The van der Waals surface area contributed by atoms with Crippen LogP contribution >= 0.6 is 11.3 Å². The number of anilines is 1. The van der Waals surface area contributed by atoms with Gasteiger partial charge in [-0.1, -0.05) is 18.2 Å². The molecule has 0 bridgehead atoms. The number of rotatable bonds is 7. The van der Waals surface area contributed by atoms with Crippen LogP contribution in [-0.2, 0) is 16.1 Å². The van der Waals surface area contributed by atoms with E-state index in [1.54, 1.807) is 30.6 Å². The van der Waals surface area contributed by atoms with Gasteiger partial charge in [-0.2, -0.15) is 0 Å². The summed E-state index contributed by atoms with van der Waals surface area (Å²) in [4.78, 5) is 47.6. The minimum atomic E-state index is -0.604. The third-order valence-corrected chi connectivity index (χ3v) is 6.72. The van der Waals surface area contributed by atoms with Crippen LogP contribution in [0.5, 0.6) is 0 Å². The van der Waals surface area contributed by atoms with Crippen LogP contribution < -0.4 is 10.6 Å². The second-order valence-corrected chi connectivity index (χ2v) is 9.48. The van der Waals surface area contributed by atoms with Crippen molar-refractivity contribution in [3.05, 3.63) is 65.3 Å². The van der Waals surface area contributed by atoms with Crippen LogP contribution in [-0.4, -0.2) is 51.4 Å². The van der Waals surface area contributed by atoms with Crippen molar-refractivity contribution in [2.75, 3.05) is 11.9 Å². The van der Waals surface area contributed by atoms with Crippen LogP contribution in [0.4, 0.5) is 9.93 Å². The predicted octanol–water partition coefficient (Wildman–Crippen LogP) is 3.84. The summed E-state index contributed by atoms with van der Waals surface area (Å²) in [5.41, 5.74) is 2.96. The fourth-order valence-electron chi connectivity index (χ4n) is 3.91. The lowest BCUT2D eigenvalue weighted by atomic mass is 10.1. The van der Waals surface area contributed by atoms with Crippen LogP contribution in [0.1, 0.15) is 41.6 Å². The molecule has 1 saturated heterocycles. The molecule has 1 aliphatic carbocycles. The van der Waals surface area contributed by atoms with Gasteiger partial charge in [-0.3, -0.25) is 19.5 Å². The fourth-order valence-corrected chi connectivity index (χ4v) is 4.63. The number of carbonyl (C=O) groups is 3. The van der Waals surface area contributed by atoms with E-state index >= 15 is 0 Å². The number of hydrogen-bond donors (Lipinski definition) is 2. The molecule has 3 aromatic rings. The van der Waals surface area contributed by atoms with Gasteiger partial charge in [0.25, 0.3) is 5.91 Å². The van der Waals surface area contributed by atoms with Crippen LogP contribution in [0.15, 0.2) is 54.2 Å². The Bertz CT molecular complexity index is 1210. The van der Waals surface area contributed by atoms with Crippen LogP contribution in [0.2, 0.25) is 0 Å². The molecule has 1 saturated carbocycles. The summed E-state index contributed by atoms with van der Waals surface area (Å²) >= 11 is 1.31. The standard InChI is InChI=1S/C25H25N5O4S/c31-22(27-19-9-10-19)18-7-5-17(6-8-18)20-15-35-24(28-20)29-23(32)21-4-2-12-30(21)25(33)34-14-16-3-1-11-26-13-16/h1,3,5-8,11,13,15,19,21H,2,4,9-10,12,14H2,(H,27,31)(H,28,29,32)/t21-/m1/s1. The Labute approximate surface area is 206 Å². The first-order chi connectivity index (χ1) is 17.1. The summed E-state index contributed by atoms with van der Waals surface area (Å²) in [6.45, 7) is 0.572. The van der Waals surface area contributed by atoms with Crippen molar-refractivity contribution < 1.29 is 19.1 Å². The summed E-state index contributed by atoms with van der Waals surface area (Å²) in [5.74, 6) is -0.348. The molecule has 2 N–H and O–H groups in total. The monoisotopic (exact) mass is 491 g/mol. The molecule has 2 aromatic heterocycles. The molecule has 3 heterocycles. The highest BCUT2D eigenvalue weighted by molar-refractivity contribution is 7.14. The first-order valence-electron chi connectivity index (χ1n) is 11.6. The summed E-state index contributed by atoms with van der Waals surface area (Å²) < 4.78 is 5.38. The molecule has 5 rings (SSSR count). The van der Waals surface area contributed by atoms with E-state index in [1.165, 1.54) is 16.2 Å². The minimum Gasteiger partial charge on any atom is -0.444 e. The topological polar surface area (TPSA) is 114 Å². The van der Waals surface area contributed by atoms with Gasteiger partial charge >= 0.3 is 6.09 Å². The van der Waals surface area contributed by atoms with Gasteiger partial charge in [-0.15, -0.1) is 11.3 Å². The average Bonchev–Trinajstić information content (AvgIpc) is 3.35. The Kier molecular flexibility index (Phi) is 6.71. The van der Waals surface area contributed by atoms with Crippen LogP contribution in [0.25, 0.3) is 11.3 Å². The van der Waals surface area contributed by atoms with E-state index in [9.17, 15) is 14.4 Å². The van der Waals surface area contributed by atoms with E-state index in [0.717, 1.165) is 30.4 Å². The molecule has 180 valence electrons. The number of amides is 3. The molecule has 1 aromatic carbocycles. The van der Waals surface area contributed by atoms with Crippen molar-refractivity contribution in [2.45, 2.75) is 44.4 Å². The molecule has 2 aliphatic rings. The van der Waals surface area contributed by atoms with Gasteiger partial charge in [-0.25, -0.2) is 9.78 Å². The van der Waals surface area contributed by atoms with Crippen molar-refractivity contribution in [2.24, 2.45) is 0 Å². The Balaban J connectivity index is 1.17.